The number of nitrogens with zero attached hydrogens (tertiary/aromatic N) is 2. The monoisotopic (exact) mass is 332 g/mol. The highest BCUT2D eigenvalue weighted by Gasteiger charge is 2.18. The van der Waals surface area contributed by atoms with Crippen LogP contribution >= 0.6 is 0 Å². The molecule has 1 aromatic heterocycles. The molecule has 2 aromatic rings. The molecule has 1 heterocycles. The van der Waals surface area contributed by atoms with E-state index in [1.807, 2.05) is 19.1 Å². The van der Waals surface area contributed by atoms with Gasteiger partial charge >= 0.3 is 5.76 Å². The lowest BCUT2D eigenvalue weighted by atomic mass is 10.0. The molecule has 0 aliphatic rings. The number of carbonyl (C=O) groups excluding carboxylic acids is 1. The molecule has 2 N–H and O–H groups in total. The molecular formula is C17H24N4O3. The first-order valence-electron chi connectivity index (χ1n) is 7.96. The number of hydrogen-bond acceptors (Lipinski definition) is 5. The molecule has 7 nitrogen and oxygen atoms in total. The summed E-state index contributed by atoms with van der Waals surface area (Å²) >= 11 is 0. The molecule has 1 aromatic carbocycles. The molecule has 0 aliphatic carbocycles. The van der Waals surface area contributed by atoms with Gasteiger partial charge in [-0.25, -0.2) is 4.79 Å². The Labute approximate surface area is 141 Å². The van der Waals surface area contributed by atoms with Crippen molar-refractivity contribution in [1.29, 1.82) is 0 Å². The molecule has 1 amide bonds. The van der Waals surface area contributed by atoms with Gasteiger partial charge in [-0.1, -0.05) is 25.1 Å². The maximum atomic E-state index is 12.7. The lowest BCUT2D eigenvalue weighted by molar-refractivity contribution is 0.0780. The van der Waals surface area contributed by atoms with Gasteiger partial charge in [0, 0.05) is 24.3 Å². The zero-order chi connectivity index (χ0) is 17.9. The van der Waals surface area contributed by atoms with Crippen molar-refractivity contribution in [3.05, 3.63) is 45.7 Å². The molecule has 24 heavy (non-hydrogen) atoms. The summed E-state index contributed by atoms with van der Waals surface area (Å²) in [6, 6.07) is 5.93. The van der Waals surface area contributed by atoms with Crippen LogP contribution in [0.5, 0.6) is 0 Å². The van der Waals surface area contributed by atoms with Crippen LogP contribution in [0.1, 0.15) is 42.5 Å². The number of hydrogen-bond donors (Lipinski definition) is 2. The molecule has 0 fully saturated rings. The van der Waals surface area contributed by atoms with Gasteiger partial charge in [0.1, 0.15) is 0 Å². The lowest BCUT2D eigenvalue weighted by Crippen LogP contribution is -2.28. The van der Waals surface area contributed by atoms with Gasteiger partial charge in [0.15, 0.2) is 5.82 Å². The van der Waals surface area contributed by atoms with Crippen LogP contribution in [-0.4, -0.2) is 34.0 Å². The minimum absolute atomic E-state index is 0.141. The second-order valence-electron chi connectivity index (χ2n) is 6.36. The number of aromatic amines is 1. The van der Waals surface area contributed by atoms with E-state index in [1.54, 1.807) is 13.1 Å². The maximum absolute atomic E-state index is 12.7. The lowest BCUT2D eigenvalue weighted by Gasteiger charge is -2.22. The van der Waals surface area contributed by atoms with E-state index in [0.717, 1.165) is 11.3 Å². The van der Waals surface area contributed by atoms with Gasteiger partial charge in [-0.15, -0.1) is 0 Å². The van der Waals surface area contributed by atoms with E-state index >= 15 is 0 Å². The number of H-pyrrole nitrogens is 1. The Balaban J connectivity index is 2.18. The van der Waals surface area contributed by atoms with E-state index in [4.69, 9.17) is 0 Å². The molecule has 0 radical (unpaired) electrons. The molecule has 0 saturated heterocycles. The van der Waals surface area contributed by atoms with Gasteiger partial charge < -0.3 is 10.2 Å². The van der Waals surface area contributed by atoms with Crippen molar-refractivity contribution in [2.75, 3.05) is 12.4 Å². The van der Waals surface area contributed by atoms with Crippen molar-refractivity contribution in [1.82, 2.24) is 15.0 Å². The fourth-order valence-corrected chi connectivity index (χ4v) is 2.27. The van der Waals surface area contributed by atoms with Crippen molar-refractivity contribution >= 4 is 11.6 Å². The van der Waals surface area contributed by atoms with E-state index < -0.39 is 5.76 Å². The molecule has 0 spiro atoms. The van der Waals surface area contributed by atoms with Crippen molar-refractivity contribution in [3.63, 3.8) is 0 Å². The predicted molar refractivity (Wildman–Crippen MR) is 92.0 cm³/mol. The normalized spacial score (nSPS) is 12.2. The average Bonchev–Trinajstić information content (AvgIpc) is 2.93. The highest BCUT2D eigenvalue weighted by Crippen LogP contribution is 2.22. The summed E-state index contributed by atoms with van der Waals surface area (Å²) in [7, 11) is 1.66. The summed E-state index contributed by atoms with van der Waals surface area (Å²) in [5.41, 5.74) is 2.46. The number of anilines is 1. The topological polar surface area (TPSA) is 91.2 Å². The zero-order valence-corrected chi connectivity index (χ0v) is 14.7. The Bertz CT molecular complexity index is 763. The number of rotatable bonds is 6. The molecule has 7 heteroatoms. The molecule has 130 valence electrons. The van der Waals surface area contributed by atoms with E-state index in [2.05, 4.69) is 40.8 Å². The zero-order valence-electron chi connectivity index (χ0n) is 14.7. The predicted octanol–water partition coefficient (Wildman–Crippen LogP) is 2.40. The van der Waals surface area contributed by atoms with Crippen LogP contribution in [-0.2, 0) is 6.54 Å². The Hall–Kier alpha value is -2.57. The summed E-state index contributed by atoms with van der Waals surface area (Å²) in [6.07, 6.45) is 0. The molecular weight excluding hydrogens is 308 g/mol. The third-order valence-corrected chi connectivity index (χ3v) is 4.17. The Kier molecular flexibility index (Phi) is 5.43. The second kappa shape index (κ2) is 7.33. The molecule has 1 atom stereocenters. The highest BCUT2D eigenvalue weighted by molar-refractivity contribution is 5.96. The van der Waals surface area contributed by atoms with Crippen LogP contribution in [0.25, 0.3) is 0 Å². The van der Waals surface area contributed by atoms with Crippen molar-refractivity contribution in [3.8, 4) is 0 Å². The smallest absolute Gasteiger partial charge is 0.382 e. The van der Waals surface area contributed by atoms with Crippen LogP contribution in [0.3, 0.4) is 0 Å². The van der Waals surface area contributed by atoms with Crippen LogP contribution in [0.2, 0.25) is 0 Å². The molecule has 0 saturated carbocycles. The van der Waals surface area contributed by atoms with Crippen LogP contribution in [0, 0.1) is 12.8 Å². The number of benzene rings is 1. The molecule has 2 rings (SSSR count). The maximum Gasteiger partial charge on any atom is 0.438 e. The van der Waals surface area contributed by atoms with Gasteiger partial charge in [-0.2, -0.15) is 0 Å². The fraction of sp³-hybridized carbons (Fsp3) is 0.471. The van der Waals surface area contributed by atoms with E-state index in [1.165, 1.54) is 4.90 Å². The van der Waals surface area contributed by atoms with Crippen LogP contribution in [0.15, 0.2) is 27.5 Å². The van der Waals surface area contributed by atoms with Gasteiger partial charge in [0.05, 0.1) is 6.54 Å². The Morgan fingerprint density at radius 2 is 2.08 bits per heavy atom. The highest BCUT2D eigenvalue weighted by atomic mass is 16.5. The largest absolute Gasteiger partial charge is 0.438 e. The summed E-state index contributed by atoms with van der Waals surface area (Å²) in [5.74, 6) is 0.0275. The first-order chi connectivity index (χ1) is 11.3. The van der Waals surface area contributed by atoms with Crippen molar-refractivity contribution in [2.45, 2.75) is 40.3 Å². The SMILES string of the molecule is Cc1c(NC(C)C(C)C)cccc1C(=O)N(C)Cc1noc(=O)[nH]1. The van der Waals surface area contributed by atoms with Crippen molar-refractivity contribution < 1.29 is 9.32 Å². The van der Waals surface area contributed by atoms with Gasteiger partial charge in [-0.05, 0) is 37.5 Å². The summed E-state index contributed by atoms with van der Waals surface area (Å²) in [4.78, 5) is 27.6. The summed E-state index contributed by atoms with van der Waals surface area (Å²) in [6.45, 7) is 8.51. The molecule has 1 unspecified atom stereocenters. The van der Waals surface area contributed by atoms with E-state index in [0.29, 0.717) is 23.3 Å². The van der Waals surface area contributed by atoms with Gasteiger partial charge in [0.2, 0.25) is 0 Å². The van der Waals surface area contributed by atoms with E-state index in [9.17, 15) is 9.59 Å². The van der Waals surface area contributed by atoms with E-state index in [-0.39, 0.29) is 12.5 Å². The Morgan fingerprint density at radius 3 is 2.67 bits per heavy atom. The second-order valence-corrected chi connectivity index (χ2v) is 6.36. The third kappa shape index (κ3) is 4.04. The number of carbonyl (C=O) groups is 1. The van der Waals surface area contributed by atoms with Crippen LogP contribution in [0.4, 0.5) is 5.69 Å². The van der Waals surface area contributed by atoms with Crippen molar-refractivity contribution in [2.24, 2.45) is 5.92 Å². The first-order valence-corrected chi connectivity index (χ1v) is 7.96. The average molecular weight is 332 g/mol. The standard InChI is InChI=1S/C17H24N4O3/c1-10(2)12(4)18-14-8-6-7-13(11(14)3)16(22)21(5)9-15-19-17(23)24-20-15/h6-8,10,12,18H,9H2,1-5H3,(H,19,20,23). The number of aromatic nitrogens is 2. The molecule has 0 bridgehead atoms. The van der Waals surface area contributed by atoms with Crippen LogP contribution < -0.4 is 11.1 Å². The third-order valence-electron chi connectivity index (χ3n) is 4.17. The molecule has 0 aliphatic heterocycles. The van der Waals surface area contributed by atoms with Gasteiger partial charge in [0.25, 0.3) is 5.91 Å². The Morgan fingerprint density at radius 1 is 1.38 bits per heavy atom. The first kappa shape index (κ1) is 17.8. The minimum Gasteiger partial charge on any atom is -0.382 e. The minimum atomic E-state index is -0.629. The van der Waals surface area contributed by atoms with Gasteiger partial charge in [-0.3, -0.25) is 14.3 Å². The number of nitrogens with one attached hydrogen (secondary N) is 2. The number of amides is 1. The summed E-state index contributed by atoms with van der Waals surface area (Å²) in [5, 5.41) is 7.03. The fourth-order valence-electron chi connectivity index (χ4n) is 2.27. The quantitative estimate of drug-likeness (QED) is 0.847. The summed E-state index contributed by atoms with van der Waals surface area (Å²) < 4.78 is 4.45.